The molecule has 4 nitrogen and oxygen atoms in total. The third-order valence-electron chi connectivity index (χ3n) is 5.85. The van der Waals surface area contributed by atoms with E-state index < -0.39 is 0 Å². The Morgan fingerprint density at radius 1 is 1.07 bits per heavy atom. The number of ether oxygens (including phenoxy) is 1. The number of benzene rings is 2. The van der Waals surface area contributed by atoms with Crippen molar-refractivity contribution in [2.75, 3.05) is 5.32 Å². The van der Waals surface area contributed by atoms with E-state index in [1.165, 1.54) is 12.1 Å². The van der Waals surface area contributed by atoms with E-state index in [2.05, 4.69) is 10.3 Å². The van der Waals surface area contributed by atoms with Crippen molar-refractivity contribution in [3.63, 3.8) is 0 Å². The van der Waals surface area contributed by atoms with Crippen molar-refractivity contribution >= 4 is 22.5 Å². The molecule has 0 aliphatic heterocycles. The van der Waals surface area contributed by atoms with Gasteiger partial charge < -0.3 is 10.1 Å². The number of nitrogens with one attached hydrogen (secondary N) is 1. The predicted molar refractivity (Wildman–Crippen MR) is 112 cm³/mol. The van der Waals surface area contributed by atoms with Crippen LogP contribution in [-0.4, -0.2) is 17.0 Å². The van der Waals surface area contributed by atoms with Gasteiger partial charge in [-0.3, -0.25) is 9.78 Å². The number of rotatable bonds is 5. The second kappa shape index (κ2) is 8.60. The molecule has 3 aromatic rings. The van der Waals surface area contributed by atoms with Crippen LogP contribution in [0.5, 0.6) is 5.75 Å². The third kappa shape index (κ3) is 4.56. The molecule has 1 amide bonds. The molecule has 29 heavy (non-hydrogen) atoms. The third-order valence-corrected chi connectivity index (χ3v) is 5.85. The standard InChI is InChI=1S/C24H25FN2O2/c1-16(24(28)27-19-10-8-18(25)9-11-19)17-6-12-20(13-7-17)29-23-14-15-26-22-5-3-2-4-21(22)23/h2-5,8-11,14-17,20H,6-7,12-13H2,1H3,(H,27,28)/t16-,17-,20+/m0/s1. The van der Waals surface area contributed by atoms with Crippen LogP contribution >= 0.6 is 0 Å². The van der Waals surface area contributed by atoms with E-state index in [1.54, 1.807) is 18.3 Å². The summed E-state index contributed by atoms with van der Waals surface area (Å²) in [5.41, 5.74) is 1.56. The average molecular weight is 392 g/mol. The number of carbonyl (C=O) groups excluding carboxylic acids is 1. The molecule has 150 valence electrons. The van der Waals surface area contributed by atoms with Crippen molar-refractivity contribution < 1.29 is 13.9 Å². The van der Waals surface area contributed by atoms with Crippen LogP contribution in [0.4, 0.5) is 10.1 Å². The number of anilines is 1. The normalized spacial score (nSPS) is 20.2. The summed E-state index contributed by atoms with van der Waals surface area (Å²) in [5, 5.41) is 3.93. The Hall–Kier alpha value is -2.95. The summed E-state index contributed by atoms with van der Waals surface area (Å²) in [5.74, 6) is 0.783. The van der Waals surface area contributed by atoms with Crippen LogP contribution in [0, 0.1) is 17.7 Å². The zero-order valence-electron chi connectivity index (χ0n) is 16.5. The van der Waals surface area contributed by atoms with Gasteiger partial charge >= 0.3 is 0 Å². The van der Waals surface area contributed by atoms with Gasteiger partial charge in [0.15, 0.2) is 0 Å². The maximum Gasteiger partial charge on any atom is 0.227 e. The first-order valence-electron chi connectivity index (χ1n) is 10.2. The van der Waals surface area contributed by atoms with Gasteiger partial charge in [-0.1, -0.05) is 19.1 Å². The summed E-state index contributed by atoms with van der Waals surface area (Å²) in [6.07, 6.45) is 5.69. The van der Waals surface area contributed by atoms with E-state index in [0.29, 0.717) is 11.6 Å². The molecule has 0 radical (unpaired) electrons. The van der Waals surface area contributed by atoms with Gasteiger partial charge in [0.1, 0.15) is 11.6 Å². The first-order chi connectivity index (χ1) is 14.1. The topological polar surface area (TPSA) is 51.2 Å². The van der Waals surface area contributed by atoms with Crippen LogP contribution in [-0.2, 0) is 4.79 Å². The van der Waals surface area contributed by atoms with Gasteiger partial charge in [0, 0.05) is 23.2 Å². The number of hydrogen-bond acceptors (Lipinski definition) is 3. The van der Waals surface area contributed by atoms with Crippen LogP contribution in [0.2, 0.25) is 0 Å². The van der Waals surface area contributed by atoms with Gasteiger partial charge in [-0.05, 0) is 74.1 Å². The van der Waals surface area contributed by atoms with Crippen molar-refractivity contribution in [1.82, 2.24) is 4.98 Å². The molecule has 1 N–H and O–H groups in total. The minimum atomic E-state index is -0.309. The van der Waals surface area contributed by atoms with E-state index in [1.807, 2.05) is 37.3 Å². The highest BCUT2D eigenvalue weighted by molar-refractivity contribution is 5.92. The average Bonchev–Trinajstić information content (AvgIpc) is 2.75. The first kappa shape index (κ1) is 19.4. The molecule has 0 unspecified atom stereocenters. The molecule has 5 heteroatoms. The van der Waals surface area contributed by atoms with Gasteiger partial charge in [-0.25, -0.2) is 4.39 Å². The number of nitrogens with zero attached hydrogens (tertiary/aromatic N) is 1. The zero-order valence-corrected chi connectivity index (χ0v) is 16.5. The SMILES string of the molecule is C[C@H](C(=O)Nc1ccc(F)cc1)[C@H]1CC[C@@H](Oc2ccnc3ccccc23)CC1. The summed E-state index contributed by atoms with van der Waals surface area (Å²) in [6, 6.07) is 15.8. The molecule has 1 fully saturated rings. The Morgan fingerprint density at radius 3 is 2.55 bits per heavy atom. The van der Waals surface area contributed by atoms with Crippen molar-refractivity contribution in [2.45, 2.75) is 38.7 Å². The van der Waals surface area contributed by atoms with E-state index >= 15 is 0 Å². The van der Waals surface area contributed by atoms with Crippen molar-refractivity contribution in [2.24, 2.45) is 11.8 Å². The molecule has 1 heterocycles. The number of pyridine rings is 1. The van der Waals surface area contributed by atoms with Crippen molar-refractivity contribution in [3.8, 4) is 5.75 Å². The fourth-order valence-electron chi connectivity index (χ4n) is 4.06. The lowest BCUT2D eigenvalue weighted by Crippen LogP contribution is -2.32. The number of aromatic nitrogens is 1. The molecule has 1 aliphatic carbocycles. The Balaban J connectivity index is 1.32. The number of halogens is 1. The van der Waals surface area contributed by atoms with Gasteiger partial charge in [0.05, 0.1) is 11.6 Å². The molecule has 1 aromatic heterocycles. The second-order valence-electron chi connectivity index (χ2n) is 7.77. The van der Waals surface area contributed by atoms with Crippen LogP contribution < -0.4 is 10.1 Å². The van der Waals surface area contributed by atoms with Crippen LogP contribution in [0.1, 0.15) is 32.6 Å². The van der Waals surface area contributed by atoms with Gasteiger partial charge in [-0.15, -0.1) is 0 Å². The summed E-state index contributed by atoms with van der Waals surface area (Å²) < 4.78 is 19.3. The monoisotopic (exact) mass is 392 g/mol. The summed E-state index contributed by atoms with van der Waals surface area (Å²) in [7, 11) is 0. The Bertz CT molecular complexity index is 976. The lowest BCUT2D eigenvalue weighted by Gasteiger charge is -2.32. The summed E-state index contributed by atoms with van der Waals surface area (Å²) in [6.45, 7) is 1.97. The number of amides is 1. The van der Waals surface area contributed by atoms with Gasteiger partial charge in [-0.2, -0.15) is 0 Å². The van der Waals surface area contributed by atoms with E-state index in [9.17, 15) is 9.18 Å². The lowest BCUT2D eigenvalue weighted by molar-refractivity contribution is -0.121. The summed E-state index contributed by atoms with van der Waals surface area (Å²) in [4.78, 5) is 17.0. The maximum absolute atomic E-state index is 13.0. The molecule has 1 aliphatic rings. The Labute approximate surface area is 170 Å². The highest BCUT2D eigenvalue weighted by atomic mass is 19.1. The van der Waals surface area contributed by atoms with Crippen LogP contribution in [0.3, 0.4) is 0 Å². The minimum absolute atomic E-state index is 0.0129. The fourth-order valence-corrected chi connectivity index (χ4v) is 4.06. The quantitative estimate of drug-likeness (QED) is 0.616. The fraction of sp³-hybridized carbons (Fsp3) is 0.333. The number of carbonyl (C=O) groups is 1. The molecule has 0 spiro atoms. The summed E-state index contributed by atoms with van der Waals surface area (Å²) >= 11 is 0. The molecular weight excluding hydrogens is 367 g/mol. The smallest absolute Gasteiger partial charge is 0.227 e. The molecule has 1 saturated carbocycles. The van der Waals surface area contributed by atoms with Crippen molar-refractivity contribution in [3.05, 3.63) is 66.6 Å². The molecule has 0 saturated heterocycles. The number of hydrogen-bond donors (Lipinski definition) is 1. The van der Waals surface area contributed by atoms with Crippen LogP contribution in [0.25, 0.3) is 10.9 Å². The molecule has 4 rings (SSSR count). The molecule has 2 aromatic carbocycles. The maximum atomic E-state index is 13.0. The van der Waals surface area contributed by atoms with Gasteiger partial charge in [0.2, 0.25) is 5.91 Å². The highest BCUT2D eigenvalue weighted by Gasteiger charge is 2.30. The minimum Gasteiger partial charge on any atom is -0.490 e. The number of fused-ring (bicyclic) bond motifs is 1. The van der Waals surface area contributed by atoms with Gasteiger partial charge in [0.25, 0.3) is 0 Å². The zero-order chi connectivity index (χ0) is 20.2. The Morgan fingerprint density at radius 2 is 1.79 bits per heavy atom. The lowest BCUT2D eigenvalue weighted by atomic mass is 9.79. The predicted octanol–water partition coefficient (Wildman–Crippen LogP) is 5.59. The molecular formula is C24H25FN2O2. The number of para-hydroxylation sites is 1. The second-order valence-corrected chi connectivity index (χ2v) is 7.77. The van der Waals surface area contributed by atoms with Crippen LogP contribution in [0.15, 0.2) is 60.8 Å². The van der Waals surface area contributed by atoms with Crippen molar-refractivity contribution in [1.29, 1.82) is 0 Å². The molecule has 1 atom stereocenters. The van der Waals surface area contributed by atoms with E-state index in [0.717, 1.165) is 42.3 Å². The molecule has 0 bridgehead atoms. The largest absolute Gasteiger partial charge is 0.490 e. The Kier molecular flexibility index (Phi) is 5.74. The van der Waals surface area contributed by atoms with E-state index in [-0.39, 0.29) is 23.7 Å². The highest BCUT2D eigenvalue weighted by Crippen LogP contribution is 2.34. The van der Waals surface area contributed by atoms with E-state index in [4.69, 9.17) is 4.74 Å². The first-order valence-corrected chi connectivity index (χ1v) is 10.2.